The van der Waals surface area contributed by atoms with Gasteiger partial charge in [0.25, 0.3) is 0 Å². The topological polar surface area (TPSA) is 64.1 Å². The number of hydrogen-bond acceptors (Lipinski definition) is 4. The van der Waals surface area contributed by atoms with Crippen molar-refractivity contribution in [3.8, 4) is 0 Å². The standard InChI is InChI=1S/C18H15NO3S/c1-13-6-2-3-9-15(13)16(20)12-23(21,22)17-10-4-7-14-8-5-11-19-18(14)17/h2-11H,12H2,1H3. The van der Waals surface area contributed by atoms with Crippen molar-refractivity contribution >= 4 is 26.5 Å². The molecular formula is C18H15NO3S. The summed E-state index contributed by atoms with van der Waals surface area (Å²) in [6.45, 7) is 1.79. The fourth-order valence-electron chi connectivity index (χ4n) is 2.54. The zero-order valence-corrected chi connectivity index (χ0v) is 13.4. The summed E-state index contributed by atoms with van der Waals surface area (Å²) in [6, 6.07) is 15.5. The smallest absolute Gasteiger partial charge is 0.187 e. The number of rotatable bonds is 4. The number of aromatic nitrogens is 1. The molecule has 0 spiro atoms. The van der Waals surface area contributed by atoms with E-state index in [0.717, 1.165) is 10.9 Å². The molecule has 1 aromatic heterocycles. The fourth-order valence-corrected chi connectivity index (χ4v) is 3.95. The summed E-state index contributed by atoms with van der Waals surface area (Å²) in [5.41, 5.74) is 1.60. The van der Waals surface area contributed by atoms with Gasteiger partial charge in [0.15, 0.2) is 15.6 Å². The van der Waals surface area contributed by atoms with Gasteiger partial charge < -0.3 is 0 Å². The van der Waals surface area contributed by atoms with Gasteiger partial charge in [-0.3, -0.25) is 9.78 Å². The van der Waals surface area contributed by atoms with Crippen molar-refractivity contribution in [3.63, 3.8) is 0 Å². The van der Waals surface area contributed by atoms with Gasteiger partial charge >= 0.3 is 0 Å². The van der Waals surface area contributed by atoms with Crippen molar-refractivity contribution in [1.82, 2.24) is 4.98 Å². The minimum Gasteiger partial charge on any atom is -0.293 e. The summed E-state index contributed by atoms with van der Waals surface area (Å²) in [5.74, 6) is -0.968. The molecule has 0 amide bonds. The van der Waals surface area contributed by atoms with Gasteiger partial charge in [-0.15, -0.1) is 0 Å². The molecule has 3 rings (SSSR count). The van der Waals surface area contributed by atoms with E-state index in [9.17, 15) is 13.2 Å². The van der Waals surface area contributed by atoms with E-state index in [2.05, 4.69) is 4.98 Å². The second kappa shape index (κ2) is 5.93. The lowest BCUT2D eigenvalue weighted by atomic mass is 10.1. The fraction of sp³-hybridized carbons (Fsp3) is 0.111. The third-order valence-corrected chi connectivity index (χ3v) is 5.34. The van der Waals surface area contributed by atoms with E-state index < -0.39 is 21.4 Å². The van der Waals surface area contributed by atoms with E-state index in [0.29, 0.717) is 11.1 Å². The lowest BCUT2D eigenvalue weighted by Crippen LogP contribution is -2.17. The number of pyridine rings is 1. The maximum Gasteiger partial charge on any atom is 0.187 e. The first-order valence-corrected chi connectivity index (χ1v) is 8.79. The van der Waals surface area contributed by atoms with Crippen LogP contribution in [0, 0.1) is 6.92 Å². The Kier molecular flexibility index (Phi) is 3.96. The number of carbonyl (C=O) groups is 1. The summed E-state index contributed by atoms with van der Waals surface area (Å²) in [6.07, 6.45) is 1.55. The molecule has 3 aromatic rings. The van der Waals surface area contributed by atoms with Gasteiger partial charge in [0, 0.05) is 17.1 Å². The number of benzene rings is 2. The summed E-state index contributed by atoms with van der Waals surface area (Å²) < 4.78 is 25.4. The van der Waals surface area contributed by atoms with Crippen LogP contribution in [0.4, 0.5) is 0 Å². The molecule has 0 aliphatic carbocycles. The third kappa shape index (κ3) is 3.00. The van der Waals surface area contributed by atoms with Gasteiger partial charge in [0.05, 0.1) is 10.4 Å². The van der Waals surface area contributed by atoms with Crippen LogP contribution in [0.5, 0.6) is 0 Å². The molecule has 0 saturated heterocycles. The van der Waals surface area contributed by atoms with E-state index in [1.165, 1.54) is 6.07 Å². The quantitative estimate of drug-likeness (QED) is 0.691. The molecule has 0 unspecified atom stereocenters. The van der Waals surface area contributed by atoms with Crippen LogP contribution in [-0.2, 0) is 9.84 Å². The predicted molar refractivity (Wildman–Crippen MR) is 89.3 cm³/mol. The highest BCUT2D eigenvalue weighted by molar-refractivity contribution is 7.92. The molecule has 1 heterocycles. The molecule has 0 radical (unpaired) electrons. The first-order chi connectivity index (χ1) is 11.0. The zero-order valence-electron chi connectivity index (χ0n) is 12.6. The molecule has 0 N–H and O–H groups in total. The Bertz CT molecular complexity index is 989. The van der Waals surface area contributed by atoms with Gasteiger partial charge in [-0.1, -0.05) is 42.5 Å². The van der Waals surface area contributed by atoms with Crippen LogP contribution in [0.1, 0.15) is 15.9 Å². The van der Waals surface area contributed by atoms with Gasteiger partial charge in [0.2, 0.25) is 0 Å². The van der Waals surface area contributed by atoms with Crippen molar-refractivity contribution in [2.45, 2.75) is 11.8 Å². The predicted octanol–water partition coefficient (Wildman–Crippen LogP) is 3.20. The lowest BCUT2D eigenvalue weighted by molar-refractivity contribution is 0.102. The van der Waals surface area contributed by atoms with Crippen LogP contribution in [0.15, 0.2) is 65.7 Å². The Balaban J connectivity index is 2.02. The number of carbonyl (C=O) groups excluding carboxylic acids is 1. The van der Waals surface area contributed by atoms with Crippen LogP contribution in [0.25, 0.3) is 10.9 Å². The van der Waals surface area contributed by atoms with E-state index in [-0.39, 0.29) is 4.90 Å². The second-order valence-corrected chi connectivity index (χ2v) is 7.29. The molecule has 5 heteroatoms. The Morgan fingerprint density at radius 1 is 1.00 bits per heavy atom. The number of para-hydroxylation sites is 1. The molecule has 0 fully saturated rings. The molecule has 0 aliphatic rings. The normalized spacial score (nSPS) is 11.5. The third-order valence-electron chi connectivity index (χ3n) is 3.70. The number of sulfone groups is 1. The molecule has 0 aliphatic heterocycles. The highest BCUT2D eigenvalue weighted by Crippen LogP contribution is 2.22. The van der Waals surface area contributed by atoms with Crippen molar-refractivity contribution in [2.75, 3.05) is 5.75 Å². The van der Waals surface area contributed by atoms with Crippen molar-refractivity contribution in [2.24, 2.45) is 0 Å². The van der Waals surface area contributed by atoms with E-state index >= 15 is 0 Å². The Labute approximate surface area is 134 Å². The van der Waals surface area contributed by atoms with Crippen LogP contribution >= 0.6 is 0 Å². The number of hydrogen-bond donors (Lipinski definition) is 0. The molecule has 2 aromatic carbocycles. The van der Waals surface area contributed by atoms with E-state index in [4.69, 9.17) is 0 Å². The Morgan fingerprint density at radius 3 is 2.52 bits per heavy atom. The molecule has 0 bridgehead atoms. The number of aryl methyl sites for hydroxylation is 1. The zero-order chi connectivity index (χ0) is 16.4. The average Bonchev–Trinajstić information content (AvgIpc) is 2.54. The molecule has 4 nitrogen and oxygen atoms in total. The summed E-state index contributed by atoms with van der Waals surface area (Å²) in [4.78, 5) is 16.6. The second-order valence-electron chi connectivity index (χ2n) is 5.33. The van der Waals surface area contributed by atoms with Gasteiger partial charge in [-0.2, -0.15) is 0 Å². The Morgan fingerprint density at radius 2 is 1.74 bits per heavy atom. The van der Waals surface area contributed by atoms with Gasteiger partial charge in [-0.05, 0) is 24.6 Å². The molecule has 116 valence electrons. The minimum absolute atomic E-state index is 0.0949. The minimum atomic E-state index is -3.76. The van der Waals surface area contributed by atoms with Crippen LogP contribution in [0.3, 0.4) is 0 Å². The maximum atomic E-state index is 12.7. The average molecular weight is 325 g/mol. The van der Waals surface area contributed by atoms with E-state index in [1.54, 1.807) is 55.6 Å². The first-order valence-electron chi connectivity index (χ1n) is 7.14. The summed E-state index contributed by atoms with van der Waals surface area (Å²) >= 11 is 0. The van der Waals surface area contributed by atoms with Gasteiger partial charge in [-0.25, -0.2) is 8.42 Å². The highest BCUT2D eigenvalue weighted by atomic mass is 32.2. The maximum absolute atomic E-state index is 12.7. The molecule has 0 atom stereocenters. The van der Waals surface area contributed by atoms with E-state index in [1.807, 2.05) is 6.07 Å². The SMILES string of the molecule is Cc1ccccc1C(=O)CS(=O)(=O)c1cccc2cccnc12. The molecule has 0 saturated carbocycles. The largest absolute Gasteiger partial charge is 0.293 e. The highest BCUT2D eigenvalue weighted by Gasteiger charge is 2.23. The van der Waals surface area contributed by atoms with Crippen molar-refractivity contribution < 1.29 is 13.2 Å². The van der Waals surface area contributed by atoms with Crippen molar-refractivity contribution in [3.05, 3.63) is 71.9 Å². The van der Waals surface area contributed by atoms with Crippen LogP contribution in [-0.4, -0.2) is 24.9 Å². The summed E-state index contributed by atoms with van der Waals surface area (Å²) in [7, 11) is -3.76. The first kappa shape index (κ1) is 15.4. The lowest BCUT2D eigenvalue weighted by Gasteiger charge is -2.08. The number of nitrogens with zero attached hydrogens (tertiary/aromatic N) is 1. The Hall–Kier alpha value is -2.53. The number of Topliss-reactive ketones (excluding diaryl/α,β-unsaturated/α-hetero) is 1. The molecule has 23 heavy (non-hydrogen) atoms. The van der Waals surface area contributed by atoms with Gasteiger partial charge in [0.1, 0.15) is 5.75 Å². The number of ketones is 1. The molecular weight excluding hydrogens is 310 g/mol. The van der Waals surface area contributed by atoms with Crippen molar-refractivity contribution in [1.29, 1.82) is 0 Å². The number of fused-ring (bicyclic) bond motifs is 1. The summed E-state index contributed by atoms with van der Waals surface area (Å²) in [5, 5.41) is 0.733. The monoisotopic (exact) mass is 325 g/mol. The van der Waals surface area contributed by atoms with Crippen LogP contribution < -0.4 is 0 Å². The van der Waals surface area contributed by atoms with Crippen LogP contribution in [0.2, 0.25) is 0 Å².